The predicted molar refractivity (Wildman–Crippen MR) is 209 cm³/mol. The molecule has 13 nitrogen and oxygen atoms in total. The average molecular weight is 739 g/mol. The van der Waals surface area contributed by atoms with Crippen molar-refractivity contribution in [2.24, 2.45) is 0 Å². The molecule has 2 aromatic heterocycles. The number of anilines is 1. The van der Waals surface area contributed by atoms with Gasteiger partial charge in [0.1, 0.15) is 5.75 Å². The zero-order valence-electron chi connectivity index (χ0n) is 32.1. The van der Waals surface area contributed by atoms with E-state index in [1.165, 1.54) is 5.56 Å². The molecule has 2 aliphatic rings. The first-order chi connectivity index (χ1) is 26.3. The molecule has 3 N–H and O–H groups in total. The molecule has 6 rings (SSSR count). The maximum atomic E-state index is 13.1. The molecule has 54 heavy (non-hydrogen) atoms. The third-order valence-corrected chi connectivity index (χ3v) is 10.4. The molecule has 0 radical (unpaired) electrons. The summed E-state index contributed by atoms with van der Waals surface area (Å²) in [6.07, 6.45) is 4.52. The highest BCUT2D eigenvalue weighted by molar-refractivity contribution is 5.92. The number of nitrogens with one attached hydrogen (secondary N) is 3. The summed E-state index contributed by atoms with van der Waals surface area (Å²) in [5, 5.41) is 15.3. The first kappa shape index (κ1) is 38.7. The van der Waals surface area contributed by atoms with E-state index < -0.39 is 0 Å². The number of pyridine rings is 1. The van der Waals surface area contributed by atoms with Gasteiger partial charge in [0.15, 0.2) is 5.65 Å². The third-order valence-electron chi connectivity index (χ3n) is 10.4. The molecular formula is C41H54N8O5. The third kappa shape index (κ3) is 9.55. The molecule has 2 aromatic carbocycles. The number of piperazine rings is 1. The number of aromatic nitrogens is 3. The normalized spacial score (nSPS) is 15.3. The van der Waals surface area contributed by atoms with Crippen molar-refractivity contribution in [3.8, 4) is 16.9 Å². The molecule has 4 aromatic rings. The van der Waals surface area contributed by atoms with E-state index in [1.54, 1.807) is 14.0 Å². The highest BCUT2D eigenvalue weighted by Crippen LogP contribution is 2.33. The van der Waals surface area contributed by atoms with Gasteiger partial charge in [-0.25, -0.2) is 9.67 Å². The quantitative estimate of drug-likeness (QED) is 0.159. The van der Waals surface area contributed by atoms with Crippen LogP contribution in [-0.4, -0.2) is 94.8 Å². The van der Waals surface area contributed by atoms with Crippen LogP contribution in [0, 0.1) is 0 Å². The largest absolute Gasteiger partial charge is 0.496 e. The van der Waals surface area contributed by atoms with Gasteiger partial charge in [0.2, 0.25) is 17.7 Å². The van der Waals surface area contributed by atoms with Crippen molar-refractivity contribution in [1.29, 1.82) is 0 Å². The summed E-state index contributed by atoms with van der Waals surface area (Å²) in [6.45, 7) is 12.5. The van der Waals surface area contributed by atoms with Crippen molar-refractivity contribution in [2.45, 2.75) is 85.1 Å². The monoisotopic (exact) mass is 738 g/mol. The Morgan fingerprint density at radius 3 is 2.35 bits per heavy atom. The van der Waals surface area contributed by atoms with Crippen molar-refractivity contribution >= 4 is 34.4 Å². The second-order valence-electron chi connectivity index (χ2n) is 14.1. The summed E-state index contributed by atoms with van der Waals surface area (Å²) < 4.78 is 13.2. The summed E-state index contributed by atoms with van der Waals surface area (Å²) in [5.41, 5.74) is 7.77. The SMILES string of the molecule is CCc1nc2c(cnn2CC)c(NC2CCOCC2)c1CNC(=O)CCC(=O)NCc1ccc(OC)c(-c2cccc(CN3CCN(C(C)=O)CC3)c2)c1. The van der Waals surface area contributed by atoms with Crippen LogP contribution in [-0.2, 0) is 51.7 Å². The van der Waals surface area contributed by atoms with Gasteiger partial charge in [-0.15, -0.1) is 0 Å². The predicted octanol–water partition coefficient (Wildman–Crippen LogP) is 4.66. The fourth-order valence-corrected chi connectivity index (χ4v) is 7.30. The van der Waals surface area contributed by atoms with Crippen LogP contribution < -0.4 is 20.7 Å². The number of aryl methyl sites for hydroxylation is 2. The number of methoxy groups -OCH3 is 1. The lowest BCUT2D eigenvalue weighted by Crippen LogP contribution is -2.47. The van der Waals surface area contributed by atoms with Crippen LogP contribution in [0.4, 0.5) is 5.69 Å². The van der Waals surface area contributed by atoms with Crippen LogP contribution in [0.25, 0.3) is 22.2 Å². The highest BCUT2D eigenvalue weighted by Gasteiger charge is 2.23. The van der Waals surface area contributed by atoms with E-state index in [1.807, 2.05) is 40.9 Å². The topological polar surface area (TPSA) is 143 Å². The van der Waals surface area contributed by atoms with Crippen LogP contribution in [0.2, 0.25) is 0 Å². The van der Waals surface area contributed by atoms with Gasteiger partial charge >= 0.3 is 0 Å². The van der Waals surface area contributed by atoms with Gasteiger partial charge in [0.25, 0.3) is 0 Å². The molecule has 3 amide bonds. The summed E-state index contributed by atoms with van der Waals surface area (Å²) >= 11 is 0. The Hall–Kier alpha value is -5.01. The van der Waals surface area contributed by atoms with Gasteiger partial charge in [-0.1, -0.05) is 31.2 Å². The van der Waals surface area contributed by atoms with Crippen molar-refractivity contribution in [1.82, 2.24) is 35.2 Å². The Labute approximate surface area is 317 Å². The minimum absolute atomic E-state index is 0.0733. The second-order valence-corrected chi connectivity index (χ2v) is 14.1. The molecule has 0 aliphatic carbocycles. The van der Waals surface area contributed by atoms with Gasteiger partial charge in [-0.05, 0) is 61.1 Å². The molecule has 0 bridgehead atoms. The smallest absolute Gasteiger partial charge is 0.220 e. The van der Waals surface area contributed by atoms with Gasteiger partial charge in [0.05, 0.1) is 24.4 Å². The number of hydrogen-bond acceptors (Lipinski definition) is 9. The summed E-state index contributed by atoms with van der Waals surface area (Å²) in [5.74, 6) is 0.490. The van der Waals surface area contributed by atoms with Crippen molar-refractivity contribution in [3.63, 3.8) is 0 Å². The van der Waals surface area contributed by atoms with Crippen molar-refractivity contribution in [2.75, 3.05) is 51.8 Å². The van der Waals surface area contributed by atoms with Crippen molar-refractivity contribution in [3.05, 3.63) is 71.0 Å². The lowest BCUT2D eigenvalue weighted by atomic mass is 9.99. The standard InChI is InChI=1S/C41H54N8O5/c1-5-36-34(40(45-32-14-20-54-21-15-32)35-26-44-49(6-2)41(35)46-36)25-43-39(52)13-12-38(51)42-24-29-10-11-37(53-4)33(23-29)31-9-7-8-30(22-31)27-47-16-18-48(19-17-47)28(3)50/h7-11,22-23,26,32H,5-6,12-21,24-25,27H2,1-4H3,(H,42,51)(H,43,52)(H,45,46). The van der Waals surface area contributed by atoms with Crippen LogP contribution in [0.1, 0.15) is 68.8 Å². The number of fused-ring (bicyclic) bond motifs is 1. The minimum Gasteiger partial charge on any atom is -0.496 e. The summed E-state index contributed by atoms with van der Waals surface area (Å²) in [4.78, 5) is 47.0. The Balaban J connectivity index is 1.04. The number of benzene rings is 2. The van der Waals surface area contributed by atoms with Gasteiger partial charge < -0.3 is 30.3 Å². The van der Waals surface area contributed by atoms with E-state index in [0.717, 1.165) is 96.0 Å². The molecule has 2 aliphatic heterocycles. The van der Waals surface area contributed by atoms with Crippen LogP contribution in [0.15, 0.2) is 48.7 Å². The number of rotatable bonds is 15. The van der Waals surface area contributed by atoms with Crippen LogP contribution in [0.5, 0.6) is 5.75 Å². The molecule has 2 saturated heterocycles. The number of ether oxygens (including phenoxy) is 2. The molecule has 4 heterocycles. The average Bonchev–Trinajstić information content (AvgIpc) is 3.62. The van der Waals surface area contributed by atoms with Crippen LogP contribution >= 0.6 is 0 Å². The first-order valence-electron chi connectivity index (χ1n) is 19.2. The fourth-order valence-electron chi connectivity index (χ4n) is 7.30. The van der Waals surface area contributed by atoms with E-state index in [0.29, 0.717) is 39.3 Å². The molecular weight excluding hydrogens is 685 g/mol. The van der Waals surface area contributed by atoms with Gasteiger partial charge in [-0.3, -0.25) is 19.3 Å². The van der Waals surface area contributed by atoms with E-state index in [2.05, 4.69) is 57.1 Å². The Bertz CT molecular complexity index is 1930. The number of carbonyl (C=O) groups is 3. The van der Waals surface area contributed by atoms with Crippen LogP contribution in [0.3, 0.4) is 0 Å². The Morgan fingerprint density at radius 2 is 1.67 bits per heavy atom. The lowest BCUT2D eigenvalue weighted by Gasteiger charge is -2.34. The minimum atomic E-state index is -0.194. The molecule has 0 unspecified atom stereocenters. The van der Waals surface area contributed by atoms with E-state index in [-0.39, 0.29) is 36.6 Å². The molecule has 0 saturated carbocycles. The number of carbonyl (C=O) groups excluding carboxylic acids is 3. The van der Waals surface area contributed by atoms with E-state index >= 15 is 0 Å². The Kier molecular flexibility index (Phi) is 13.2. The molecule has 0 spiro atoms. The molecule has 288 valence electrons. The maximum absolute atomic E-state index is 13.1. The maximum Gasteiger partial charge on any atom is 0.220 e. The van der Waals surface area contributed by atoms with Gasteiger partial charge in [0, 0.05) is 108 Å². The lowest BCUT2D eigenvalue weighted by molar-refractivity contribution is -0.130. The Morgan fingerprint density at radius 1 is 0.926 bits per heavy atom. The van der Waals surface area contributed by atoms with Crippen molar-refractivity contribution < 1.29 is 23.9 Å². The van der Waals surface area contributed by atoms with E-state index in [4.69, 9.17) is 14.5 Å². The fraction of sp³-hybridized carbons (Fsp3) is 0.488. The second kappa shape index (κ2) is 18.4. The first-order valence-corrected chi connectivity index (χ1v) is 19.2. The van der Waals surface area contributed by atoms with Gasteiger partial charge in [-0.2, -0.15) is 5.10 Å². The number of nitrogens with zero attached hydrogens (tertiary/aromatic N) is 5. The van der Waals surface area contributed by atoms with E-state index in [9.17, 15) is 14.4 Å². The number of hydrogen-bond donors (Lipinski definition) is 3. The number of amides is 3. The summed E-state index contributed by atoms with van der Waals surface area (Å²) in [7, 11) is 1.66. The summed E-state index contributed by atoms with van der Waals surface area (Å²) in [6, 6.07) is 14.6. The zero-order chi connectivity index (χ0) is 38.0. The molecule has 2 fully saturated rings. The zero-order valence-corrected chi connectivity index (χ0v) is 32.1. The highest BCUT2D eigenvalue weighted by atomic mass is 16.5. The molecule has 0 atom stereocenters. The molecule has 13 heteroatoms.